The van der Waals surface area contributed by atoms with Crippen LogP contribution in [-0.4, -0.2) is 31.5 Å². The molecule has 1 rings (SSSR count). The van der Waals surface area contributed by atoms with Crippen LogP contribution in [0.4, 0.5) is 0 Å². The molecule has 0 aromatic heterocycles. The van der Waals surface area contributed by atoms with Gasteiger partial charge >= 0.3 is 0 Å². The van der Waals surface area contributed by atoms with Crippen LogP contribution in [0.5, 0.6) is 0 Å². The summed E-state index contributed by atoms with van der Waals surface area (Å²) in [7, 11) is 0. The predicted molar refractivity (Wildman–Crippen MR) is 60.3 cm³/mol. The van der Waals surface area contributed by atoms with Gasteiger partial charge in [0, 0.05) is 32.7 Å². The van der Waals surface area contributed by atoms with Gasteiger partial charge in [-0.05, 0) is 13.3 Å². The second-order valence-corrected chi connectivity index (χ2v) is 3.85. The van der Waals surface area contributed by atoms with Crippen LogP contribution in [0.15, 0.2) is 12.7 Å². The highest BCUT2D eigenvalue weighted by atomic mass is 16.5. The van der Waals surface area contributed by atoms with E-state index in [-0.39, 0.29) is 11.6 Å². The van der Waals surface area contributed by atoms with Crippen LogP contribution in [0.2, 0.25) is 0 Å². The third kappa shape index (κ3) is 3.01. The fourth-order valence-corrected chi connectivity index (χ4v) is 2.20. The number of hydrogen-bond donors (Lipinski definition) is 2. The van der Waals surface area contributed by atoms with Gasteiger partial charge < -0.3 is 9.47 Å². The van der Waals surface area contributed by atoms with Gasteiger partial charge in [-0.2, -0.15) is 0 Å². The average molecular weight is 214 g/mol. The van der Waals surface area contributed by atoms with Crippen molar-refractivity contribution in [2.24, 2.45) is 5.84 Å². The Kier molecular flexibility index (Phi) is 5.25. The first-order valence-corrected chi connectivity index (χ1v) is 5.58. The summed E-state index contributed by atoms with van der Waals surface area (Å²) in [5.41, 5.74) is 2.66. The quantitative estimate of drug-likeness (QED) is 0.393. The van der Waals surface area contributed by atoms with Crippen LogP contribution in [0.3, 0.4) is 0 Å². The summed E-state index contributed by atoms with van der Waals surface area (Å²) in [6.07, 6.45) is 4.48. The summed E-state index contributed by atoms with van der Waals surface area (Å²) in [6.45, 7) is 7.96. The fraction of sp³-hybridized carbons (Fsp3) is 0.818. The minimum absolute atomic E-state index is 0.124. The van der Waals surface area contributed by atoms with Gasteiger partial charge in [0.2, 0.25) is 0 Å². The Morgan fingerprint density at radius 1 is 1.60 bits per heavy atom. The van der Waals surface area contributed by atoms with Crippen molar-refractivity contribution in [3.8, 4) is 0 Å². The highest BCUT2D eigenvalue weighted by Crippen LogP contribution is 2.30. The summed E-state index contributed by atoms with van der Waals surface area (Å²) in [4.78, 5) is 0. The molecule has 1 aliphatic rings. The van der Waals surface area contributed by atoms with Gasteiger partial charge in [0.1, 0.15) is 0 Å². The molecule has 1 fully saturated rings. The van der Waals surface area contributed by atoms with Crippen LogP contribution in [-0.2, 0) is 9.47 Å². The Labute approximate surface area is 91.8 Å². The molecule has 4 nitrogen and oxygen atoms in total. The maximum atomic E-state index is 5.91. The van der Waals surface area contributed by atoms with E-state index in [1.54, 1.807) is 0 Å². The maximum Gasteiger partial charge on any atom is 0.0894 e. The van der Waals surface area contributed by atoms with Crippen molar-refractivity contribution in [3.63, 3.8) is 0 Å². The molecule has 15 heavy (non-hydrogen) atoms. The first-order valence-electron chi connectivity index (χ1n) is 5.58. The van der Waals surface area contributed by atoms with E-state index in [0.29, 0.717) is 6.61 Å². The Balaban J connectivity index is 2.71. The largest absolute Gasteiger partial charge is 0.381 e. The molecule has 1 heterocycles. The van der Waals surface area contributed by atoms with Crippen LogP contribution in [0, 0.1) is 0 Å². The van der Waals surface area contributed by atoms with Gasteiger partial charge in [-0.25, -0.2) is 0 Å². The molecule has 1 atom stereocenters. The van der Waals surface area contributed by atoms with Gasteiger partial charge in [-0.3, -0.25) is 11.3 Å². The third-order valence-corrected chi connectivity index (χ3v) is 3.01. The number of hydrogen-bond acceptors (Lipinski definition) is 4. The van der Waals surface area contributed by atoms with E-state index in [2.05, 4.69) is 12.0 Å². The Bertz CT molecular complexity index is 186. The molecule has 1 saturated heterocycles. The molecule has 0 aromatic carbocycles. The molecule has 0 aromatic rings. The lowest BCUT2D eigenvalue weighted by Gasteiger charge is -2.42. The molecule has 1 aliphatic heterocycles. The number of hydrazine groups is 1. The monoisotopic (exact) mass is 214 g/mol. The first kappa shape index (κ1) is 12.6. The van der Waals surface area contributed by atoms with Gasteiger partial charge in [0.15, 0.2) is 0 Å². The van der Waals surface area contributed by atoms with Crippen LogP contribution < -0.4 is 11.3 Å². The maximum absolute atomic E-state index is 5.91. The number of nitrogens with two attached hydrogens (primary N) is 1. The Morgan fingerprint density at radius 2 is 2.27 bits per heavy atom. The van der Waals surface area contributed by atoms with Crippen molar-refractivity contribution in [2.75, 3.05) is 19.8 Å². The second kappa shape index (κ2) is 6.23. The van der Waals surface area contributed by atoms with Gasteiger partial charge in [0.25, 0.3) is 0 Å². The molecule has 3 N–H and O–H groups in total. The molecule has 0 saturated carbocycles. The zero-order chi connectivity index (χ0) is 11.1. The standard InChI is InChI=1S/C11H22N2O2/c1-3-5-10(13-12)11(15-4-2)6-8-14-9-7-11/h3,10,13H,1,4-9,12H2,2H3. The van der Waals surface area contributed by atoms with Crippen LogP contribution in [0.25, 0.3) is 0 Å². The van der Waals surface area contributed by atoms with E-state index in [1.807, 2.05) is 13.0 Å². The third-order valence-electron chi connectivity index (χ3n) is 3.01. The van der Waals surface area contributed by atoms with E-state index in [0.717, 1.165) is 32.5 Å². The molecule has 0 amide bonds. The highest BCUT2D eigenvalue weighted by molar-refractivity contribution is 4.97. The predicted octanol–water partition coefficient (Wildman–Crippen LogP) is 0.980. The molecular weight excluding hydrogens is 192 g/mol. The lowest BCUT2D eigenvalue weighted by molar-refractivity contribution is -0.126. The molecule has 0 radical (unpaired) electrons. The van der Waals surface area contributed by atoms with Crippen molar-refractivity contribution in [3.05, 3.63) is 12.7 Å². The molecule has 0 aliphatic carbocycles. The second-order valence-electron chi connectivity index (χ2n) is 3.85. The van der Waals surface area contributed by atoms with Crippen LogP contribution >= 0.6 is 0 Å². The Morgan fingerprint density at radius 3 is 2.73 bits per heavy atom. The minimum atomic E-state index is -0.185. The zero-order valence-electron chi connectivity index (χ0n) is 9.50. The topological polar surface area (TPSA) is 56.5 Å². The number of ether oxygens (including phenoxy) is 2. The lowest BCUT2D eigenvalue weighted by Crippen LogP contribution is -2.57. The molecule has 0 bridgehead atoms. The van der Waals surface area contributed by atoms with Crippen molar-refractivity contribution >= 4 is 0 Å². The number of nitrogens with one attached hydrogen (secondary N) is 1. The molecule has 1 unspecified atom stereocenters. The van der Waals surface area contributed by atoms with Crippen molar-refractivity contribution in [1.29, 1.82) is 0 Å². The van der Waals surface area contributed by atoms with Gasteiger partial charge in [-0.1, -0.05) is 6.08 Å². The van der Waals surface area contributed by atoms with Gasteiger partial charge in [-0.15, -0.1) is 6.58 Å². The summed E-state index contributed by atoms with van der Waals surface area (Å²) in [5, 5.41) is 0. The molecule has 88 valence electrons. The molecule has 4 heteroatoms. The average Bonchev–Trinajstić information content (AvgIpc) is 2.27. The SMILES string of the molecule is C=CCC(NN)C1(OCC)CCOCC1. The summed E-state index contributed by atoms with van der Waals surface area (Å²) >= 11 is 0. The van der Waals surface area contributed by atoms with Crippen LogP contribution in [0.1, 0.15) is 26.2 Å². The lowest BCUT2D eigenvalue weighted by atomic mass is 9.84. The minimum Gasteiger partial charge on any atom is -0.381 e. The summed E-state index contributed by atoms with van der Waals surface area (Å²) in [5.74, 6) is 5.59. The highest BCUT2D eigenvalue weighted by Gasteiger charge is 2.40. The summed E-state index contributed by atoms with van der Waals surface area (Å²) < 4.78 is 11.3. The summed E-state index contributed by atoms with van der Waals surface area (Å²) in [6, 6.07) is 0.124. The van der Waals surface area contributed by atoms with E-state index in [9.17, 15) is 0 Å². The Hall–Kier alpha value is -0.420. The van der Waals surface area contributed by atoms with E-state index in [1.165, 1.54) is 0 Å². The van der Waals surface area contributed by atoms with E-state index >= 15 is 0 Å². The zero-order valence-corrected chi connectivity index (χ0v) is 9.50. The fourth-order valence-electron chi connectivity index (χ4n) is 2.20. The first-order chi connectivity index (χ1) is 7.29. The molecular formula is C11H22N2O2. The van der Waals surface area contributed by atoms with E-state index < -0.39 is 0 Å². The van der Waals surface area contributed by atoms with Crippen molar-refractivity contribution in [2.45, 2.75) is 37.8 Å². The smallest absolute Gasteiger partial charge is 0.0894 e. The van der Waals surface area contributed by atoms with Crippen molar-refractivity contribution < 1.29 is 9.47 Å². The van der Waals surface area contributed by atoms with Crippen molar-refractivity contribution in [1.82, 2.24) is 5.43 Å². The normalized spacial score (nSPS) is 22.3. The van der Waals surface area contributed by atoms with Gasteiger partial charge in [0.05, 0.1) is 11.6 Å². The van der Waals surface area contributed by atoms with E-state index in [4.69, 9.17) is 15.3 Å². The number of rotatable bonds is 6. The molecule has 0 spiro atoms.